The maximum atomic E-state index is 12.9. The van der Waals surface area contributed by atoms with Crippen molar-refractivity contribution in [3.63, 3.8) is 0 Å². The first kappa shape index (κ1) is 12.2. The Morgan fingerprint density at radius 1 is 1.27 bits per heavy atom. The summed E-state index contributed by atoms with van der Waals surface area (Å²) in [6.45, 7) is 4.05. The zero-order chi connectivity index (χ0) is 11.5. The van der Waals surface area contributed by atoms with E-state index in [1.165, 1.54) is 12.1 Å². The van der Waals surface area contributed by atoms with Gasteiger partial charge < -0.3 is 0 Å². The van der Waals surface area contributed by atoms with Crippen molar-refractivity contribution < 1.29 is 13.6 Å². The number of alkyl halides is 2. The molecule has 1 aromatic rings. The number of rotatable bonds is 4. The zero-order valence-corrected chi connectivity index (χ0v) is 9.35. The molecule has 1 nitrogen and oxygen atoms in total. The summed E-state index contributed by atoms with van der Waals surface area (Å²) in [6, 6.07) is 5.80. The van der Waals surface area contributed by atoms with Crippen molar-refractivity contribution >= 4 is 18.0 Å². The number of carbonyl (C=O) groups is 1. The predicted molar refractivity (Wildman–Crippen MR) is 57.4 cm³/mol. The van der Waals surface area contributed by atoms with E-state index in [0.29, 0.717) is 5.25 Å². The Kier molecular flexibility index (Phi) is 3.85. The van der Waals surface area contributed by atoms with Crippen LogP contribution in [0.15, 0.2) is 29.2 Å². The van der Waals surface area contributed by atoms with Gasteiger partial charge in [0.1, 0.15) is 0 Å². The van der Waals surface area contributed by atoms with Crippen molar-refractivity contribution in [1.29, 1.82) is 0 Å². The molecule has 1 aromatic carbocycles. The van der Waals surface area contributed by atoms with E-state index < -0.39 is 5.92 Å². The van der Waals surface area contributed by atoms with Gasteiger partial charge in [0.15, 0.2) is 6.29 Å². The lowest BCUT2D eigenvalue weighted by atomic mass is 10.1. The summed E-state index contributed by atoms with van der Waals surface area (Å²) in [5, 5.41) is 0.405. The second-order valence-electron chi connectivity index (χ2n) is 3.43. The van der Waals surface area contributed by atoms with Crippen LogP contribution in [-0.4, -0.2) is 11.5 Å². The fourth-order valence-corrected chi connectivity index (χ4v) is 1.93. The lowest BCUT2D eigenvalue weighted by Gasteiger charge is -2.10. The molecule has 0 bridgehead atoms. The van der Waals surface area contributed by atoms with E-state index in [0.717, 1.165) is 4.90 Å². The molecule has 1 rings (SSSR count). The zero-order valence-electron chi connectivity index (χ0n) is 8.54. The number of halogens is 2. The monoisotopic (exact) mass is 230 g/mol. The Morgan fingerprint density at radius 2 is 1.80 bits per heavy atom. The van der Waals surface area contributed by atoms with Crippen molar-refractivity contribution in [2.75, 3.05) is 0 Å². The second kappa shape index (κ2) is 4.75. The van der Waals surface area contributed by atoms with Gasteiger partial charge in [-0.2, -0.15) is 8.78 Å². The van der Waals surface area contributed by atoms with Crippen LogP contribution in [-0.2, 0) is 10.7 Å². The summed E-state index contributed by atoms with van der Waals surface area (Å²) in [5.74, 6) is -3.37. The third kappa shape index (κ3) is 3.30. The van der Waals surface area contributed by atoms with E-state index in [9.17, 15) is 13.6 Å². The van der Waals surface area contributed by atoms with Crippen LogP contribution < -0.4 is 0 Å². The molecule has 82 valence electrons. The van der Waals surface area contributed by atoms with Gasteiger partial charge >= 0.3 is 5.92 Å². The standard InChI is InChI=1S/C11H12F2OS/c1-8(2)15-10-5-3-9(4-6-10)11(12,13)7-14/h3-8H,1-2H3. The second-order valence-corrected chi connectivity index (χ2v) is 5.08. The van der Waals surface area contributed by atoms with Gasteiger partial charge in [-0.1, -0.05) is 26.0 Å². The molecule has 4 heteroatoms. The Labute approximate surface area is 91.9 Å². The molecule has 0 unspecified atom stereocenters. The molecule has 0 radical (unpaired) electrons. The van der Waals surface area contributed by atoms with E-state index >= 15 is 0 Å². The minimum atomic E-state index is -3.37. The lowest BCUT2D eigenvalue weighted by Crippen LogP contribution is -2.14. The fourth-order valence-electron chi connectivity index (χ4n) is 1.10. The molecule has 0 aromatic heterocycles. The number of thioether (sulfide) groups is 1. The molecule has 0 atom stereocenters. The van der Waals surface area contributed by atoms with Crippen LogP contribution in [0.25, 0.3) is 0 Å². The molecule has 0 heterocycles. The third-order valence-corrected chi connectivity index (χ3v) is 2.77. The summed E-state index contributed by atoms with van der Waals surface area (Å²) in [6.07, 6.45) is -0.336. The summed E-state index contributed by atoms with van der Waals surface area (Å²) in [5.41, 5.74) is -0.259. The van der Waals surface area contributed by atoms with Crippen LogP contribution in [0.2, 0.25) is 0 Å². The van der Waals surface area contributed by atoms with Crippen LogP contribution in [0.4, 0.5) is 8.78 Å². The lowest BCUT2D eigenvalue weighted by molar-refractivity contribution is -0.130. The van der Waals surface area contributed by atoms with Gasteiger partial charge in [-0.3, -0.25) is 4.79 Å². The molecule has 0 saturated carbocycles. The van der Waals surface area contributed by atoms with Crippen molar-refractivity contribution in [3.8, 4) is 0 Å². The summed E-state index contributed by atoms with van der Waals surface area (Å²) < 4.78 is 25.8. The Morgan fingerprint density at radius 3 is 2.20 bits per heavy atom. The molecule has 0 fully saturated rings. The molecule has 15 heavy (non-hydrogen) atoms. The predicted octanol–water partition coefficient (Wildman–Crippen LogP) is 3.48. The first-order chi connectivity index (χ1) is 6.95. The number of benzene rings is 1. The fraction of sp³-hybridized carbons (Fsp3) is 0.364. The van der Waals surface area contributed by atoms with Gasteiger partial charge in [-0.15, -0.1) is 11.8 Å². The Bertz CT molecular complexity index is 333. The maximum absolute atomic E-state index is 12.9. The highest BCUT2D eigenvalue weighted by Crippen LogP contribution is 2.29. The Balaban J connectivity index is 2.85. The van der Waals surface area contributed by atoms with Gasteiger partial charge in [0.2, 0.25) is 0 Å². The highest BCUT2D eigenvalue weighted by Gasteiger charge is 2.30. The van der Waals surface area contributed by atoms with Crippen molar-refractivity contribution in [2.45, 2.75) is 29.9 Å². The number of hydrogen-bond acceptors (Lipinski definition) is 2. The first-order valence-electron chi connectivity index (χ1n) is 4.57. The van der Waals surface area contributed by atoms with Crippen LogP contribution in [0.1, 0.15) is 19.4 Å². The molecule has 0 saturated heterocycles. The van der Waals surface area contributed by atoms with Gasteiger partial charge in [-0.25, -0.2) is 0 Å². The van der Waals surface area contributed by atoms with E-state index in [2.05, 4.69) is 0 Å². The van der Waals surface area contributed by atoms with Crippen LogP contribution in [0.5, 0.6) is 0 Å². The number of hydrogen-bond donors (Lipinski definition) is 0. The molecule has 0 N–H and O–H groups in total. The van der Waals surface area contributed by atoms with Crippen molar-refractivity contribution in [2.24, 2.45) is 0 Å². The van der Waals surface area contributed by atoms with Crippen molar-refractivity contribution in [1.82, 2.24) is 0 Å². The van der Waals surface area contributed by atoms with Crippen molar-refractivity contribution in [3.05, 3.63) is 29.8 Å². The van der Waals surface area contributed by atoms with Gasteiger partial charge in [-0.05, 0) is 12.1 Å². The largest absolute Gasteiger partial charge is 0.327 e. The summed E-state index contributed by atoms with van der Waals surface area (Å²) in [7, 11) is 0. The van der Waals surface area contributed by atoms with E-state index in [1.54, 1.807) is 23.9 Å². The van der Waals surface area contributed by atoms with E-state index in [-0.39, 0.29) is 11.8 Å². The van der Waals surface area contributed by atoms with E-state index in [4.69, 9.17) is 0 Å². The Hall–Kier alpha value is -0.900. The minimum absolute atomic E-state index is 0.259. The van der Waals surface area contributed by atoms with Crippen LogP contribution in [0.3, 0.4) is 0 Å². The van der Waals surface area contributed by atoms with Gasteiger partial charge in [0.25, 0.3) is 0 Å². The molecular weight excluding hydrogens is 218 g/mol. The molecule has 0 aliphatic rings. The molecule has 0 aliphatic heterocycles. The SMILES string of the molecule is CC(C)Sc1ccc(C(F)(F)C=O)cc1. The molecular formula is C11H12F2OS. The first-order valence-corrected chi connectivity index (χ1v) is 5.45. The average molecular weight is 230 g/mol. The highest BCUT2D eigenvalue weighted by molar-refractivity contribution is 7.99. The minimum Gasteiger partial charge on any atom is -0.296 e. The summed E-state index contributed by atoms with van der Waals surface area (Å²) >= 11 is 1.59. The molecule has 0 spiro atoms. The maximum Gasteiger partial charge on any atom is 0.327 e. The highest BCUT2D eigenvalue weighted by atomic mass is 32.2. The van der Waals surface area contributed by atoms with E-state index in [1.807, 2.05) is 13.8 Å². The van der Waals surface area contributed by atoms with Crippen LogP contribution >= 0.6 is 11.8 Å². The molecule has 0 amide bonds. The average Bonchev–Trinajstić information content (AvgIpc) is 2.18. The van der Waals surface area contributed by atoms with Gasteiger partial charge in [0, 0.05) is 15.7 Å². The topological polar surface area (TPSA) is 17.1 Å². The van der Waals surface area contributed by atoms with Gasteiger partial charge in [0.05, 0.1) is 0 Å². The number of aldehydes is 1. The van der Waals surface area contributed by atoms with Crippen LogP contribution in [0, 0.1) is 0 Å². The smallest absolute Gasteiger partial charge is 0.296 e. The molecule has 0 aliphatic carbocycles. The number of carbonyl (C=O) groups excluding carboxylic acids is 1. The summed E-state index contributed by atoms with van der Waals surface area (Å²) in [4.78, 5) is 11.1. The normalized spacial score (nSPS) is 11.8. The quantitative estimate of drug-likeness (QED) is 0.582. The third-order valence-electron chi connectivity index (χ3n) is 1.76.